The Bertz CT molecular complexity index is 835. The summed E-state index contributed by atoms with van der Waals surface area (Å²) < 4.78 is 7.62. The lowest BCUT2D eigenvalue weighted by Gasteiger charge is -2.33. The first-order valence-corrected chi connectivity index (χ1v) is 8.73. The second-order valence-corrected chi connectivity index (χ2v) is 6.88. The van der Waals surface area contributed by atoms with Crippen LogP contribution in [0, 0.1) is 0 Å². The fourth-order valence-corrected chi connectivity index (χ4v) is 3.22. The van der Waals surface area contributed by atoms with Crippen LogP contribution in [0.5, 0.6) is 0 Å². The van der Waals surface area contributed by atoms with Gasteiger partial charge in [-0.25, -0.2) is 4.98 Å². The van der Waals surface area contributed by atoms with Crippen molar-refractivity contribution in [3.8, 4) is 0 Å². The van der Waals surface area contributed by atoms with Crippen molar-refractivity contribution < 1.29 is 9.53 Å². The number of aromatic nitrogens is 2. The molecule has 1 aliphatic rings. The molecule has 1 atom stereocenters. The highest BCUT2D eigenvalue weighted by atomic mass is 79.9. The van der Waals surface area contributed by atoms with Gasteiger partial charge in [0.05, 0.1) is 24.8 Å². The molecule has 1 fully saturated rings. The smallest absolute Gasteiger partial charge is 0.274 e. The summed E-state index contributed by atoms with van der Waals surface area (Å²) in [4.78, 5) is 30.7. The van der Waals surface area contributed by atoms with E-state index >= 15 is 0 Å². The molecular formula is C17H19BrN4O3. The third-order valence-electron chi connectivity index (χ3n) is 4.05. The molecule has 3 heterocycles. The zero-order chi connectivity index (χ0) is 18.0. The molecule has 3 rings (SSSR count). The van der Waals surface area contributed by atoms with E-state index in [1.54, 1.807) is 36.3 Å². The lowest BCUT2D eigenvalue weighted by atomic mass is 10.2. The summed E-state index contributed by atoms with van der Waals surface area (Å²) >= 11 is 3.36. The van der Waals surface area contributed by atoms with Gasteiger partial charge in [-0.15, -0.1) is 0 Å². The number of morpholine rings is 1. The monoisotopic (exact) mass is 406 g/mol. The van der Waals surface area contributed by atoms with Gasteiger partial charge in [-0.2, -0.15) is 0 Å². The molecule has 1 aliphatic heterocycles. The van der Waals surface area contributed by atoms with Gasteiger partial charge in [0.15, 0.2) is 0 Å². The van der Waals surface area contributed by atoms with Gasteiger partial charge in [0.1, 0.15) is 11.5 Å². The normalized spacial score (nSPS) is 17.4. The molecule has 0 bridgehead atoms. The summed E-state index contributed by atoms with van der Waals surface area (Å²) in [7, 11) is 1.68. The van der Waals surface area contributed by atoms with Crippen LogP contribution < -0.4 is 10.9 Å². The van der Waals surface area contributed by atoms with Gasteiger partial charge in [0.2, 0.25) is 0 Å². The summed E-state index contributed by atoms with van der Waals surface area (Å²) in [6, 6.07) is 5.14. The Morgan fingerprint density at radius 3 is 2.92 bits per heavy atom. The Labute approximate surface area is 153 Å². The van der Waals surface area contributed by atoms with Crippen molar-refractivity contribution in [1.82, 2.24) is 14.5 Å². The molecule has 132 valence electrons. The number of nitrogens with zero attached hydrogens (tertiary/aromatic N) is 3. The van der Waals surface area contributed by atoms with E-state index in [2.05, 4.69) is 26.2 Å². The Hall–Kier alpha value is -2.19. The van der Waals surface area contributed by atoms with E-state index < -0.39 is 0 Å². The standard InChI is InChI=1S/C17H19BrN4O3/c1-11-10-25-6-5-22(11)16(23)12-3-4-15(19-8-12)20-14-7-13(18)9-21(2)17(14)24/h3-4,7-9,11H,5-6,10H2,1-2H3,(H,19,20)/t11-/m0/s1. The Balaban J connectivity index is 1.76. The maximum absolute atomic E-state index is 12.6. The number of ether oxygens (including phenoxy) is 1. The van der Waals surface area contributed by atoms with Crippen molar-refractivity contribution in [2.24, 2.45) is 7.05 Å². The maximum Gasteiger partial charge on any atom is 0.274 e. The van der Waals surface area contributed by atoms with Crippen LogP contribution >= 0.6 is 15.9 Å². The third kappa shape index (κ3) is 3.91. The molecule has 1 saturated heterocycles. The van der Waals surface area contributed by atoms with E-state index in [0.717, 1.165) is 4.47 Å². The van der Waals surface area contributed by atoms with Crippen molar-refractivity contribution in [3.05, 3.63) is 51.0 Å². The van der Waals surface area contributed by atoms with Gasteiger partial charge in [-0.3, -0.25) is 9.59 Å². The highest BCUT2D eigenvalue weighted by Crippen LogP contribution is 2.17. The number of hydrogen-bond donors (Lipinski definition) is 1. The van der Waals surface area contributed by atoms with Gasteiger partial charge >= 0.3 is 0 Å². The van der Waals surface area contributed by atoms with Crippen LogP contribution in [0.25, 0.3) is 0 Å². The van der Waals surface area contributed by atoms with E-state index in [1.807, 2.05) is 6.92 Å². The molecule has 25 heavy (non-hydrogen) atoms. The fraction of sp³-hybridized carbons (Fsp3) is 0.353. The zero-order valence-corrected chi connectivity index (χ0v) is 15.6. The number of aryl methyl sites for hydroxylation is 1. The summed E-state index contributed by atoms with van der Waals surface area (Å²) in [5.41, 5.74) is 0.763. The maximum atomic E-state index is 12.6. The van der Waals surface area contributed by atoms with Crippen LogP contribution in [0.3, 0.4) is 0 Å². The second-order valence-electron chi connectivity index (χ2n) is 5.97. The summed E-state index contributed by atoms with van der Waals surface area (Å²) in [5, 5.41) is 2.99. The molecule has 0 aromatic carbocycles. The number of rotatable bonds is 3. The molecule has 0 spiro atoms. The zero-order valence-electron chi connectivity index (χ0n) is 14.0. The quantitative estimate of drug-likeness (QED) is 0.844. The summed E-state index contributed by atoms with van der Waals surface area (Å²) in [6.07, 6.45) is 3.21. The molecule has 2 aromatic heterocycles. The van der Waals surface area contributed by atoms with E-state index in [1.165, 1.54) is 10.8 Å². The van der Waals surface area contributed by atoms with E-state index in [4.69, 9.17) is 4.74 Å². The predicted octanol–water partition coefficient (Wildman–Crippen LogP) is 2.15. The predicted molar refractivity (Wildman–Crippen MR) is 98.2 cm³/mol. The summed E-state index contributed by atoms with van der Waals surface area (Å²) in [5.74, 6) is 0.440. The van der Waals surface area contributed by atoms with Gasteiger partial charge < -0.3 is 19.5 Å². The Morgan fingerprint density at radius 1 is 1.44 bits per heavy atom. The first kappa shape index (κ1) is 17.6. The van der Waals surface area contributed by atoms with Crippen molar-refractivity contribution in [2.45, 2.75) is 13.0 Å². The van der Waals surface area contributed by atoms with Crippen LogP contribution in [-0.4, -0.2) is 46.2 Å². The van der Waals surface area contributed by atoms with Crippen LogP contribution in [0.2, 0.25) is 0 Å². The molecule has 7 nitrogen and oxygen atoms in total. The second kappa shape index (κ2) is 7.37. The first-order chi connectivity index (χ1) is 12.0. The third-order valence-corrected chi connectivity index (χ3v) is 4.49. The van der Waals surface area contributed by atoms with Crippen molar-refractivity contribution >= 4 is 33.3 Å². The lowest BCUT2D eigenvalue weighted by Crippen LogP contribution is -2.47. The highest BCUT2D eigenvalue weighted by Gasteiger charge is 2.24. The Kier molecular flexibility index (Phi) is 5.19. The molecule has 0 saturated carbocycles. The summed E-state index contributed by atoms with van der Waals surface area (Å²) in [6.45, 7) is 3.64. The van der Waals surface area contributed by atoms with Crippen molar-refractivity contribution in [3.63, 3.8) is 0 Å². The van der Waals surface area contributed by atoms with Gasteiger partial charge in [-0.05, 0) is 41.1 Å². The van der Waals surface area contributed by atoms with Crippen molar-refractivity contribution in [2.75, 3.05) is 25.1 Å². The number of anilines is 2. The lowest BCUT2D eigenvalue weighted by molar-refractivity contribution is 0.00357. The highest BCUT2D eigenvalue weighted by molar-refractivity contribution is 9.10. The van der Waals surface area contributed by atoms with Crippen LogP contribution in [0.4, 0.5) is 11.5 Å². The van der Waals surface area contributed by atoms with Crippen molar-refractivity contribution in [1.29, 1.82) is 0 Å². The van der Waals surface area contributed by atoms with Crippen LogP contribution in [0.15, 0.2) is 39.9 Å². The molecule has 2 aromatic rings. The molecule has 0 unspecified atom stereocenters. The number of halogens is 1. The van der Waals surface area contributed by atoms with E-state index in [9.17, 15) is 9.59 Å². The van der Waals surface area contributed by atoms with Crippen LogP contribution in [0.1, 0.15) is 17.3 Å². The molecule has 8 heteroatoms. The largest absolute Gasteiger partial charge is 0.377 e. The molecule has 1 amide bonds. The minimum Gasteiger partial charge on any atom is -0.377 e. The van der Waals surface area contributed by atoms with Crippen LogP contribution in [-0.2, 0) is 11.8 Å². The molecule has 1 N–H and O–H groups in total. The van der Waals surface area contributed by atoms with Gasteiger partial charge in [0, 0.05) is 30.5 Å². The molecule has 0 aliphatic carbocycles. The number of hydrogen-bond acceptors (Lipinski definition) is 5. The molecular weight excluding hydrogens is 388 g/mol. The fourth-order valence-electron chi connectivity index (χ4n) is 2.69. The van der Waals surface area contributed by atoms with E-state index in [0.29, 0.717) is 36.8 Å². The SMILES string of the molecule is C[C@H]1COCCN1C(=O)c1ccc(Nc2cc(Br)cn(C)c2=O)nc1. The van der Waals surface area contributed by atoms with Gasteiger partial charge in [-0.1, -0.05) is 0 Å². The topological polar surface area (TPSA) is 76.5 Å². The number of carbonyl (C=O) groups excluding carboxylic acids is 1. The average molecular weight is 407 g/mol. The minimum absolute atomic E-state index is 0.0451. The van der Waals surface area contributed by atoms with E-state index in [-0.39, 0.29) is 17.5 Å². The first-order valence-electron chi connectivity index (χ1n) is 7.93. The van der Waals surface area contributed by atoms with Gasteiger partial charge in [0.25, 0.3) is 11.5 Å². The minimum atomic E-state index is -0.160. The number of pyridine rings is 2. The Morgan fingerprint density at radius 2 is 2.24 bits per heavy atom. The average Bonchev–Trinajstić information content (AvgIpc) is 2.60. The number of amides is 1. The number of nitrogens with one attached hydrogen (secondary N) is 1. The molecule has 0 radical (unpaired) electrons. The number of carbonyl (C=O) groups is 1.